The van der Waals surface area contributed by atoms with Crippen LogP contribution in [0.5, 0.6) is 0 Å². The number of thiazole rings is 1. The van der Waals surface area contributed by atoms with Gasteiger partial charge in [0.15, 0.2) is 4.80 Å². The molecule has 0 saturated carbocycles. The molecule has 3 nitrogen and oxygen atoms in total. The quantitative estimate of drug-likeness (QED) is 0.508. The highest BCUT2D eigenvalue weighted by Crippen LogP contribution is 2.32. The molecule has 3 rings (SSSR count). The summed E-state index contributed by atoms with van der Waals surface area (Å²) in [5.41, 5.74) is 1.17. The molecule has 3 aromatic rings. The zero-order chi connectivity index (χ0) is 17.3. The minimum Gasteiger partial charge on any atom is -0.303 e. The van der Waals surface area contributed by atoms with Crippen LogP contribution in [-0.4, -0.2) is 10.5 Å². The van der Waals surface area contributed by atoms with E-state index >= 15 is 0 Å². The second-order valence-electron chi connectivity index (χ2n) is 4.81. The molecular formula is C17H9BrCl2N2OS. The van der Waals surface area contributed by atoms with Crippen LogP contribution < -0.4 is 4.80 Å². The molecular weight excluding hydrogens is 431 g/mol. The molecule has 0 fully saturated rings. The first kappa shape index (κ1) is 17.2. The highest BCUT2D eigenvalue weighted by atomic mass is 79.9. The third-order valence-corrected chi connectivity index (χ3v) is 5.58. The van der Waals surface area contributed by atoms with Gasteiger partial charge in [-0.3, -0.25) is 4.79 Å². The number of aromatic nitrogens is 1. The first-order valence-corrected chi connectivity index (χ1v) is 9.13. The average Bonchev–Trinajstić information content (AvgIpc) is 2.90. The van der Waals surface area contributed by atoms with E-state index in [4.69, 9.17) is 29.6 Å². The molecule has 24 heavy (non-hydrogen) atoms. The van der Waals surface area contributed by atoms with Crippen LogP contribution in [0.25, 0.3) is 10.2 Å². The van der Waals surface area contributed by atoms with Gasteiger partial charge in [0.2, 0.25) is 0 Å². The van der Waals surface area contributed by atoms with Crippen molar-refractivity contribution in [2.45, 2.75) is 6.54 Å². The van der Waals surface area contributed by atoms with Gasteiger partial charge < -0.3 is 4.57 Å². The zero-order valence-corrected chi connectivity index (χ0v) is 16.0. The van der Waals surface area contributed by atoms with Gasteiger partial charge in [-0.2, -0.15) is 4.99 Å². The van der Waals surface area contributed by atoms with E-state index in [0.717, 1.165) is 9.17 Å². The molecule has 0 N–H and O–H groups in total. The molecule has 1 heterocycles. The number of fused-ring (bicyclic) bond motifs is 1. The number of amides is 1. The average molecular weight is 440 g/mol. The second-order valence-corrected chi connectivity index (χ2v) is 7.52. The number of terminal acetylenes is 1. The molecule has 2 aromatic carbocycles. The van der Waals surface area contributed by atoms with E-state index < -0.39 is 0 Å². The summed E-state index contributed by atoms with van der Waals surface area (Å²) in [6.45, 7) is 0.241. The molecule has 0 atom stereocenters. The lowest BCUT2D eigenvalue weighted by Crippen LogP contribution is -2.16. The number of halogens is 3. The van der Waals surface area contributed by atoms with Gasteiger partial charge in [-0.05, 0) is 30.3 Å². The van der Waals surface area contributed by atoms with E-state index in [-0.39, 0.29) is 12.5 Å². The maximum absolute atomic E-state index is 12.4. The Morgan fingerprint density at radius 2 is 2.12 bits per heavy atom. The van der Waals surface area contributed by atoms with E-state index in [1.54, 1.807) is 28.8 Å². The highest BCUT2D eigenvalue weighted by Gasteiger charge is 2.13. The van der Waals surface area contributed by atoms with Gasteiger partial charge in [-0.15, -0.1) is 6.42 Å². The summed E-state index contributed by atoms with van der Waals surface area (Å²) in [4.78, 5) is 17.2. The first-order valence-electron chi connectivity index (χ1n) is 6.76. The molecule has 7 heteroatoms. The van der Waals surface area contributed by atoms with Gasteiger partial charge >= 0.3 is 0 Å². The Bertz CT molecular complexity index is 1060. The van der Waals surface area contributed by atoms with Crippen LogP contribution in [0.2, 0.25) is 10.0 Å². The lowest BCUT2D eigenvalue weighted by Gasteiger charge is -2.03. The van der Waals surface area contributed by atoms with Crippen LogP contribution >= 0.6 is 50.5 Å². The number of rotatable bonds is 2. The number of benzene rings is 2. The Hall–Kier alpha value is -1.58. The Balaban J connectivity index is 2.22. The third kappa shape index (κ3) is 3.28. The fourth-order valence-electron chi connectivity index (χ4n) is 2.20. The molecule has 0 unspecified atom stereocenters. The first-order chi connectivity index (χ1) is 11.5. The van der Waals surface area contributed by atoms with Crippen molar-refractivity contribution in [2.24, 2.45) is 4.99 Å². The maximum atomic E-state index is 12.4. The number of carbonyl (C=O) groups excluding carboxylic acids is 1. The van der Waals surface area contributed by atoms with E-state index in [1.165, 1.54) is 11.3 Å². The highest BCUT2D eigenvalue weighted by molar-refractivity contribution is 9.10. The lowest BCUT2D eigenvalue weighted by atomic mass is 10.2. The second kappa shape index (κ2) is 7.12. The Morgan fingerprint density at radius 1 is 1.33 bits per heavy atom. The van der Waals surface area contributed by atoms with Gasteiger partial charge in [0, 0.05) is 10.0 Å². The van der Waals surface area contributed by atoms with Gasteiger partial charge in [0.05, 0.1) is 26.8 Å². The van der Waals surface area contributed by atoms with Crippen molar-refractivity contribution in [1.29, 1.82) is 0 Å². The monoisotopic (exact) mass is 438 g/mol. The van der Waals surface area contributed by atoms with Crippen molar-refractivity contribution in [1.82, 2.24) is 4.57 Å². The smallest absolute Gasteiger partial charge is 0.279 e. The summed E-state index contributed by atoms with van der Waals surface area (Å²) in [6, 6.07) is 10.6. The van der Waals surface area contributed by atoms with E-state index in [2.05, 4.69) is 26.8 Å². The van der Waals surface area contributed by atoms with Crippen LogP contribution in [0.15, 0.2) is 45.9 Å². The van der Waals surface area contributed by atoms with Gasteiger partial charge in [0.1, 0.15) is 0 Å². The zero-order valence-electron chi connectivity index (χ0n) is 12.1. The summed E-state index contributed by atoms with van der Waals surface area (Å²) in [5.74, 6) is 2.21. The van der Waals surface area contributed by atoms with Crippen molar-refractivity contribution in [2.75, 3.05) is 0 Å². The molecule has 1 aromatic heterocycles. The van der Waals surface area contributed by atoms with E-state index in [1.807, 2.05) is 12.1 Å². The number of hydrogen-bond donors (Lipinski definition) is 0. The Morgan fingerprint density at radius 3 is 2.83 bits per heavy atom. The van der Waals surface area contributed by atoms with E-state index in [0.29, 0.717) is 25.9 Å². The normalized spacial score (nSPS) is 11.7. The fourth-order valence-corrected chi connectivity index (χ4v) is 4.11. The summed E-state index contributed by atoms with van der Waals surface area (Å²) in [5, 5.41) is 0.828. The molecule has 1 amide bonds. The van der Waals surface area contributed by atoms with Crippen LogP contribution in [0.4, 0.5) is 0 Å². The standard InChI is InChI=1S/C17H9BrCl2N2OS/c1-2-8-22-15-13(7-6-12(19)14(15)20)24-17(22)21-16(23)10-4-3-5-11(18)9-10/h1,3-7,9H,8H2. The Kier molecular flexibility index (Phi) is 5.12. The summed E-state index contributed by atoms with van der Waals surface area (Å²) >= 11 is 17.1. The SMILES string of the molecule is C#CCn1c(=NC(=O)c2cccc(Br)c2)sc2ccc(Cl)c(Cl)c21. The summed E-state index contributed by atoms with van der Waals surface area (Å²) in [7, 11) is 0. The molecule has 0 aliphatic heterocycles. The predicted molar refractivity (Wildman–Crippen MR) is 103 cm³/mol. The van der Waals surface area contributed by atoms with Crippen LogP contribution in [-0.2, 0) is 6.54 Å². The fraction of sp³-hybridized carbons (Fsp3) is 0.0588. The summed E-state index contributed by atoms with van der Waals surface area (Å²) < 4.78 is 3.40. The largest absolute Gasteiger partial charge is 0.303 e. The van der Waals surface area contributed by atoms with Crippen molar-refractivity contribution in [3.63, 3.8) is 0 Å². The molecule has 0 spiro atoms. The predicted octanol–water partition coefficient (Wildman–Crippen LogP) is 5.15. The van der Waals surface area contributed by atoms with Crippen molar-refractivity contribution >= 4 is 66.6 Å². The maximum Gasteiger partial charge on any atom is 0.279 e. The topological polar surface area (TPSA) is 34.4 Å². The number of nitrogens with zero attached hydrogens (tertiary/aromatic N) is 2. The number of carbonyl (C=O) groups is 1. The van der Waals surface area contributed by atoms with Crippen molar-refractivity contribution in [3.05, 3.63) is 61.3 Å². The molecule has 0 radical (unpaired) electrons. The van der Waals surface area contributed by atoms with Crippen LogP contribution in [0.1, 0.15) is 10.4 Å². The molecule has 0 aliphatic carbocycles. The van der Waals surface area contributed by atoms with Gasteiger partial charge in [-0.1, -0.05) is 62.5 Å². The molecule has 0 bridgehead atoms. The van der Waals surface area contributed by atoms with Gasteiger partial charge in [0.25, 0.3) is 5.91 Å². The van der Waals surface area contributed by atoms with Gasteiger partial charge in [-0.25, -0.2) is 0 Å². The van der Waals surface area contributed by atoms with Crippen LogP contribution in [0, 0.1) is 12.3 Å². The van der Waals surface area contributed by atoms with Crippen molar-refractivity contribution < 1.29 is 4.79 Å². The van der Waals surface area contributed by atoms with Crippen LogP contribution in [0.3, 0.4) is 0 Å². The van der Waals surface area contributed by atoms with E-state index in [9.17, 15) is 4.79 Å². The minimum absolute atomic E-state index is 0.241. The third-order valence-electron chi connectivity index (χ3n) is 3.25. The minimum atomic E-state index is -0.351. The molecule has 120 valence electrons. The molecule has 0 aliphatic rings. The molecule has 0 saturated heterocycles. The number of hydrogen-bond acceptors (Lipinski definition) is 2. The van der Waals surface area contributed by atoms with Crippen molar-refractivity contribution in [3.8, 4) is 12.3 Å². The summed E-state index contributed by atoms with van der Waals surface area (Å²) in [6.07, 6.45) is 5.45. The lowest BCUT2D eigenvalue weighted by molar-refractivity contribution is 0.0998. The Labute approximate surface area is 160 Å².